The summed E-state index contributed by atoms with van der Waals surface area (Å²) in [6.45, 7) is 0. The van der Waals surface area contributed by atoms with Gasteiger partial charge < -0.3 is 10.5 Å². The quantitative estimate of drug-likeness (QED) is 0.725. The molecule has 0 unspecified atom stereocenters. The van der Waals surface area contributed by atoms with Gasteiger partial charge in [0.05, 0.1) is 17.7 Å². The number of aryl methyl sites for hydroxylation is 1. The molecule has 3 nitrogen and oxygen atoms in total. The summed E-state index contributed by atoms with van der Waals surface area (Å²) in [5, 5.41) is 1.15. The molecule has 90 valence electrons. The lowest BCUT2D eigenvalue weighted by Crippen LogP contribution is -2.18. The summed E-state index contributed by atoms with van der Waals surface area (Å²) in [5.41, 5.74) is 11.3. The fourth-order valence-electron chi connectivity index (χ4n) is 2.64. The number of thiophene rings is 1. The highest BCUT2D eigenvalue weighted by Gasteiger charge is 2.27. The smallest absolute Gasteiger partial charge is 0.144 e. The number of nitrogens with one attached hydrogen (secondary N) is 1. The molecular weight excluding hydrogens is 262 g/mol. The number of hydrogen-bond donors (Lipinski definition) is 2. The lowest BCUT2D eigenvalue weighted by molar-refractivity contribution is 0.947. The van der Waals surface area contributed by atoms with E-state index in [9.17, 15) is 0 Å². The summed E-state index contributed by atoms with van der Waals surface area (Å²) >= 11 is 3.11. The van der Waals surface area contributed by atoms with Crippen molar-refractivity contribution in [2.45, 2.75) is 12.8 Å². The van der Waals surface area contributed by atoms with E-state index in [1.54, 1.807) is 11.3 Å². The van der Waals surface area contributed by atoms with Crippen molar-refractivity contribution in [3.05, 3.63) is 41.0 Å². The molecule has 0 amide bonds. The van der Waals surface area contributed by atoms with Crippen molar-refractivity contribution in [1.29, 1.82) is 0 Å². The van der Waals surface area contributed by atoms with Crippen molar-refractivity contribution in [2.24, 2.45) is 10.1 Å². The second kappa shape index (κ2) is 3.76. The minimum atomic E-state index is 0.658. The molecule has 1 aliphatic heterocycles. The van der Waals surface area contributed by atoms with Crippen LogP contribution in [0.4, 0.5) is 5.00 Å². The van der Waals surface area contributed by atoms with E-state index in [2.05, 4.69) is 33.4 Å². The molecule has 2 aromatic rings. The Morgan fingerprint density at radius 3 is 3.06 bits per heavy atom. The summed E-state index contributed by atoms with van der Waals surface area (Å²) < 4.78 is 7.46. The predicted octanol–water partition coefficient (Wildman–Crippen LogP) is 3.21. The van der Waals surface area contributed by atoms with E-state index in [0.717, 1.165) is 23.4 Å². The van der Waals surface area contributed by atoms with Crippen LogP contribution in [0.15, 0.2) is 28.7 Å². The number of amidine groups is 1. The Morgan fingerprint density at radius 2 is 2.11 bits per heavy atom. The van der Waals surface area contributed by atoms with Gasteiger partial charge in [-0.3, -0.25) is 0 Å². The Kier molecular flexibility index (Phi) is 2.19. The zero-order valence-corrected chi connectivity index (χ0v) is 11.2. The number of hydrogen-bond acceptors (Lipinski definition) is 5. The Balaban J connectivity index is 2.00. The van der Waals surface area contributed by atoms with Gasteiger partial charge in [-0.05, 0) is 29.5 Å². The summed E-state index contributed by atoms with van der Waals surface area (Å²) in [5.74, 6) is 0.658. The molecule has 0 saturated carbocycles. The third-order valence-electron chi connectivity index (χ3n) is 3.45. The molecule has 0 radical (unpaired) electrons. The SMILES string of the molecule is NC1=NSNc2sc3c(c21)CCc1ccccc1-3. The Morgan fingerprint density at radius 1 is 1.22 bits per heavy atom. The van der Waals surface area contributed by atoms with Gasteiger partial charge in [-0.15, -0.1) is 11.3 Å². The fraction of sp³-hybridized carbons (Fsp3) is 0.154. The zero-order chi connectivity index (χ0) is 12.1. The summed E-state index contributed by atoms with van der Waals surface area (Å²) in [6, 6.07) is 8.64. The van der Waals surface area contributed by atoms with E-state index in [0.29, 0.717) is 5.84 Å². The van der Waals surface area contributed by atoms with E-state index >= 15 is 0 Å². The third kappa shape index (κ3) is 1.34. The van der Waals surface area contributed by atoms with Gasteiger partial charge in [0.1, 0.15) is 10.8 Å². The van der Waals surface area contributed by atoms with Crippen LogP contribution in [0.2, 0.25) is 0 Å². The van der Waals surface area contributed by atoms with Crippen molar-refractivity contribution < 1.29 is 0 Å². The maximum absolute atomic E-state index is 6.03. The molecule has 2 aliphatic rings. The molecule has 18 heavy (non-hydrogen) atoms. The van der Waals surface area contributed by atoms with E-state index in [1.807, 2.05) is 0 Å². The van der Waals surface area contributed by atoms with Crippen LogP contribution >= 0.6 is 23.5 Å². The predicted molar refractivity (Wildman–Crippen MR) is 79.1 cm³/mol. The first-order valence-corrected chi connectivity index (χ1v) is 7.43. The van der Waals surface area contributed by atoms with Crippen LogP contribution < -0.4 is 10.5 Å². The number of anilines is 1. The second-order valence-electron chi connectivity index (χ2n) is 4.44. The van der Waals surface area contributed by atoms with Crippen LogP contribution in [0.3, 0.4) is 0 Å². The zero-order valence-electron chi connectivity index (χ0n) is 9.56. The van der Waals surface area contributed by atoms with Crippen molar-refractivity contribution >= 4 is 34.3 Å². The first-order valence-electron chi connectivity index (χ1n) is 5.84. The molecule has 0 saturated heterocycles. The number of fused-ring (bicyclic) bond motifs is 5. The van der Waals surface area contributed by atoms with Gasteiger partial charge in [0.15, 0.2) is 0 Å². The number of benzene rings is 1. The summed E-state index contributed by atoms with van der Waals surface area (Å²) in [4.78, 5) is 1.36. The van der Waals surface area contributed by atoms with Gasteiger partial charge in [-0.1, -0.05) is 24.3 Å². The van der Waals surface area contributed by atoms with E-state index in [1.165, 1.54) is 33.7 Å². The highest BCUT2D eigenvalue weighted by Crippen LogP contribution is 2.46. The normalized spacial score (nSPS) is 16.1. The van der Waals surface area contributed by atoms with Gasteiger partial charge in [0.25, 0.3) is 0 Å². The average molecular weight is 273 g/mol. The molecule has 1 aliphatic carbocycles. The lowest BCUT2D eigenvalue weighted by Gasteiger charge is -2.17. The Hall–Kier alpha value is -1.46. The van der Waals surface area contributed by atoms with E-state index in [-0.39, 0.29) is 0 Å². The van der Waals surface area contributed by atoms with Crippen LogP contribution in [-0.2, 0) is 12.8 Å². The number of nitrogens with two attached hydrogens (primary N) is 1. The summed E-state index contributed by atoms with van der Waals surface area (Å²) in [6.07, 6.45) is 2.15. The molecule has 0 fully saturated rings. The van der Waals surface area contributed by atoms with Gasteiger partial charge in [0, 0.05) is 4.88 Å². The van der Waals surface area contributed by atoms with Gasteiger partial charge in [-0.2, -0.15) is 4.40 Å². The third-order valence-corrected chi connectivity index (χ3v) is 5.35. The standard InChI is InChI=1S/C13H11N3S2/c14-12-10-9-6-5-7-3-1-2-4-8(7)11(9)17-13(10)16-18-15-12/h1-4,16H,5-6H2,(H2,14,15). The monoisotopic (exact) mass is 273 g/mol. The van der Waals surface area contributed by atoms with E-state index in [4.69, 9.17) is 5.73 Å². The van der Waals surface area contributed by atoms with Crippen molar-refractivity contribution in [2.75, 3.05) is 4.72 Å². The lowest BCUT2D eigenvalue weighted by atomic mass is 9.89. The second-order valence-corrected chi connectivity index (χ2v) is 6.03. The number of rotatable bonds is 0. The maximum atomic E-state index is 6.03. The topological polar surface area (TPSA) is 50.4 Å². The number of nitrogens with zero attached hydrogens (tertiary/aromatic N) is 1. The van der Waals surface area contributed by atoms with Crippen LogP contribution in [0.25, 0.3) is 10.4 Å². The van der Waals surface area contributed by atoms with Gasteiger partial charge in [0.2, 0.25) is 0 Å². The molecule has 0 atom stereocenters. The minimum absolute atomic E-state index is 0.658. The molecule has 0 spiro atoms. The molecule has 1 aromatic heterocycles. The maximum Gasteiger partial charge on any atom is 0.144 e. The molecule has 4 rings (SSSR count). The highest BCUT2D eigenvalue weighted by atomic mass is 32.2. The molecule has 0 bridgehead atoms. The van der Waals surface area contributed by atoms with Crippen molar-refractivity contribution in [3.8, 4) is 10.4 Å². The van der Waals surface area contributed by atoms with E-state index < -0.39 is 0 Å². The van der Waals surface area contributed by atoms with Crippen molar-refractivity contribution in [3.63, 3.8) is 0 Å². The van der Waals surface area contributed by atoms with Crippen LogP contribution in [0.1, 0.15) is 16.7 Å². The van der Waals surface area contributed by atoms with Crippen LogP contribution in [0, 0.1) is 0 Å². The fourth-order valence-corrected chi connectivity index (χ4v) is 4.51. The molecule has 5 heteroatoms. The molecule has 3 N–H and O–H groups in total. The first-order chi connectivity index (χ1) is 8.84. The molecular formula is C13H11N3S2. The van der Waals surface area contributed by atoms with Gasteiger partial charge >= 0.3 is 0 Å². The largest absolute Gasteiger partial charge is 0.383 e. The van der Waals surface area contributed by atoms with Crippen LogP contribution in [-0.4, -0.2) is 5.84 Å². The molecule has 2 heterocycles. The Bertz CT molecular complexity index is 673. The average Bonchev–Trinajstić information content (AvgIpc) is 2.79. The summed E-state index contributed by atoms with van der Waals surface area (Å²) in [7, 11) is 0. The van der Waals surface area contributed by atoms with Crippen molar-refractivity contribution in [1.82, 2.24) is 0 Å². The Labute approximate surface area is 113 Å². The highest BCUT2D eigenvalue weighted by molar-refractivity contribution is 7.99. The first kappa shape index (κ1) is 10.5. The van der Waals surface area contributed by atoms with Crippen LogP contribution in [0.5, 0.6) is 0 Å². The van der Waals surface area contributed by atoms with Gasteiger partial charge in [-0.25, -0.2) is 0 Å². The minimum Gasteiger partial charge on any atom is -0.383 e. The molecule has 1 aromatic carbocycles.